The first kappa shape index (κ1) is 13.4. The Morgan fingerprint density at radius 1 is 1.20 bits per heavy atom. The van der Waals surface area contributed by atoms with Gasteiger partial charge >= 0.3 is 0 Å². The van der Waals surface area contributed by atoms with Gasteiger partial charge in [-0.1, -0.05) is 30.3 Å². The molecule has 0 aliphatic heterocycles. The first-order valence-electron chi connectivity index (χ1n) is 6.23. The quantitative estimate of drug-likeness (QED) is 0.782. The lowest BCUT2D eigenvalue weighted by Gasteiger charge is -2.05. The monoisotopic (exact) mass is 304 g/mol. The zero-order chi connectivity index (χ0) is 13.9. The van der Waals surface area contributed by atoms with Crippen molar-refractivity contribution in [2.45, 2.75) is 12.5 Å². The highest BCUT2D eigenvalue weighted by Gasteiger charge is 2.14. The largest absolute Gasteiger partial charge is 0.448 e. The molecule has 102 valence electrons. The third-order valence-corrected chi connectivity index (χ3v) is 4.05. The average Bonchev–Trinajstić information content (AvgIpc) is 3.09. The molecule has 2 aromatic heterocycles. The van der Waals surface area contributed by atoms with E-state index in [-0.39, 0.29) is 6.04 Å². The van der Waals surface area contributed by atoms with Crippen LogP contribution in [-0.2, 0) is 6.42 Å². The second-order valence-corrected chi connectivity index (χ2v) is 5.76. The Kier molecular flexibility index (Phi) is 3.87. The van der Waals surface area contributed by atoms with Gasteiger partial charge in [-0.3, -0.25) is 0 Å². The van der Waals surface area contributed by atoms with Crippen LogP contribution < -0.4 is 5.73 Å². The predicted molar refractivity (Wildman–Crippen MR) is 81.9 cm³/mol. The van der Waals surface area contributed by atoms with E-state index in [9.17, 15) is 0 Å². The van der Waals surface area contributed by atoms with Crippen LogP contribution in [0.15, 0.2) is 52.3 Å². The van der Waals surface area contributed by atoms with Crippen molar-refractivity contribution in [3.63, 3.8) is 0 Å². The van der Waals surface area contributed by atoms with Crippen LogP contribution in [0.25, 0.3) is 11.3 Å². The molecule has 20 heavy (non-hydrogen) atoms. The number of hydrogen-bond donors (Lipinski definition) is 1. The van der Waals surface area contributed by atoms with Crippen molar-refractivity contribution < 1.29 is 4.42 Å². The molecule has 0 radical (unpaired) electrons. The Hall–Kier alpha value is -1.62. The van der Waals surface area contributed by atoms with E-state index in [4.69, 9.17) is 21.8 Å². The van der Waals surface area contributed by atoms with Crippen molar-refractivity contribution in [2.75, 3.05) is 0 Å². The Morgan fingerprint density at radius 2 is 2.00 bits per heavy atom. The predicted octanol–water partition coefficient (Wildman–Crippen LogP) is 4.30. The molecule has 2 heterocycles. The Labute approximate surface area is 126 Å². The van der Waals surface area contributed by atoms with Crippen LogP contribution in [-0.4, -0.2) is 4.98 Å². The van der Waals surface area contributed by atoms with Crippen molar-refractivity contribution in [3.05, 3.63) is 63.8 Å². The molecule has 0 saturated heterocycles. The van der Waals surface area contributed by atoms with E-state index in [1.54, 1.807) is 23.5 Å². The fourth-order valence-electron chi connectivity index (χ4n) is 1.96. The second kappa shape index (κ2) is 5.79. The number of rotatable bonds is 4. The van der Waals surface area contributed by atoms with Crippen LogP contribution in [0.3, 0.4) is 0 Å². The van der Waals surface area contributed by atoms with E-state index in [1.807, 2.05) is 35.7 Å². The molecule has 0 bridgehead atoms. The molecular weight excluding hydrogens is 292 g/mol. The average molecular weight is 305 g/mol. The van der Waals surface area contributed by atoms with E-state index in [1.165, 1.54) is 0 Å². The molecule has 5 heteroatoms. The van der Waals surface area contributed by atoms with Crippen molar-refractivity contribution in [1.82, 2.24) is 4.98 Å². The van der Waals surface area contributed by atoms with Crippen molar-refractivity contribution in [1.29, 1.82) is 0 Å². The minimum absolute atomic E-state index is 0.225. The molecule has 1 unspecified atom stereocenters. The molecule has 3 rings (SSSR count). The highest BCUT2D eigenvalue weighted by atomic mass is 35.5. The first-order chi connectivity index (χ1) is 9.72. The van der Waals surface area contributed by atoms with E-state index < -0.39 is 0 Å². The molecular formula is C15H13ClN2OS. The number of furan rings is 1. The highest BCUT2D eigenvalue weighted by molar-refractivity contribution is 7.09. The minimum atomic E-state index is -0.225. The lowest BCUT2D eigenvalue weighted by Crippen LogP contribution is -2.12. The summed E-state index contributed by atoms with van der Waals surface area (Å²) in [5, 5.41) is 3.40. The third-order valence-electron chi connectivity index (χ3n) is 2.98. The van der Waals surface area contributed by atoms with E-state index in [0.717, 1.165) is 16.3 Å². The Morgan fingerprint density at radius 3 is 2.70 bits per heavy atom. The number of aromatic nitrogens is 1. The maximum Gasteiger partial charge on any atom is 0.193 e. The fourth-order valence-corrected chi connectivity index (χ4v) is 2.98. The number of nitrogens with two attached hydrogens (primary N) is 1. The van der Waals surface area contributed by atoms with Gasteiger partial charge in [0.15, 0.2) is 5.22 Å². The summed E-state index contributed by atoms with van der Waals surface area (Å²) >= 11 is 7.36. The summed E-state index contributed by atoms with van der Waals surface area (Å²) in [5.74, 6) is 0.687. The molecule has 0 aliphatic rings. The van der Waals surface area contributed by atoms with Gasteiger partial charge in [-0.15, -0.1) is 11.3 Å². The minimum Gasteiger partial charge on any atom is -0.448 e. The molecule has 2 N–H and O–H groups in total. The smallest absolute Gasteiger partial charge is 0.193 e. The molecule has 3 nitrogen and oxygen atoms in total. The topological polar surface area (TPSA) is 52.0 Å². The number of halogens is 1. The molecule has 1 atom stereocenters. The van der Waals surface area contributed by atoms with Crippen LogP contribution in [0.5, 0.6) is 0 Å². The zero-order valence-corrected chi connectivity index (χ0v) is 12.2. The van der Waals surface area contributed by atoms with Crippen molar-refractivity contribution in [2.24, 2.45) is 5.73 Å². The van der Waals surface area contributed by atoms with Gasteiger partial charge in [0.05, 0.1) is 16.7 Å². The van der Waals surface area contributed by atoms with Crippen LogP contribution in [0, 0.1) is 0 Å². The maximum atomic E-state index is 6.10. The Balaban J connectivity index is 1.74. The van der Waals surface area contributed by atoms with E-state index in [2.05, 4.69) is 4.98 Å². The highest BCUT2D eigenvalue weighted by Crippen LogP contribution is 2.26. The summed E-state index contributed by atoms with van der Waals surface area (Å²) in [4.78, 5) is 4.62. The fraction of sp³-hybridized carbons (Fsp3) is 0.133. The van der Waals surface area contributed by atoms with Crippen LogP contribution in [0.2, 0.25) is 5.22 Å². The van der Waals surface area contributed by atoms with Gasteiger partial charge in [-0.25, -0.2) is 4.98 Å². The second-order valence-electron chi connectivity index (χ2n) is 4.45. The summed E-state index contributed by atoms with van der Waals surface area (Å²) in [7, 11) is 0. The van der Waals surface area contributed by atoms with Gasteiger partial charge in [-0.05, 0) is 23.7 Å². The Bertz CT molecular complexity index is 693. The number of benzene rings is 1. The van der Waals surface area contributed by atoms with Gasteiger partial charge in [0, 0.05) is 17.4 Å². The standard InChI is InChI=1S/C15H13ClN2OS/c16-14-7-6-13(19-14)11(17)8-15-18-12(9-20-15)10-4-2-1-3-5-10/h1-7,9,11H,8,17H2. The summed E-state index contributed by atoms with van der Waals surface area (Å²) in [6.07, 6.45) is 0.640. The SMILES string of the molecule is NC(Cc1nc(-c2ccccc2)cs1)c1ccc(Cl)o1. The van der Waals surface area contributed by atoms with Gasteiger partial charge in [0.25, 0.3) is 0 Å². The van der Waals surface area contributed by atoms with Crippen molar-refractivity contribution >= 4 is 22.9 Å². The van der Waals surface area contributed by atoms with Crippen LogP contribution in [0.4, 0.5) is 0 Å². The first-order valence-corrected chi connectivity index (χ1v) is 7.49. The summed E-state index contributed by atoms with van der Waals surface area (Å²) < 4.78 is 5.33. The molecule has 0 amide bonds. The molecule has 0 fully saturated rings. The van der Waals surface area contributed by atoms with E-state index >= 15 is 0 Å². The third kappa shape index (κ3) is 2.93. The summed E-state index contributed by atoms with van der Waals surface area (Å²) in [6.45, 7) is 0. The lowest BCUT2D eigenvalue weighted by atomic mass is 10.1. The van der Waals surface area contributed by atoms with Crippen molar-refractivity contribution in [3.8, 4) is 11.3 Å². The summed E-state index contributed by atoms with van der Waals surface area (Å²) in [5.41, 5.74) is 8.20. The van der Waals surface area contributed by atoms with E-state index in [0.29, 0.717) is 17.4 Å². The van der Waals surface area contributed by atoms with Crippen LogP contribution >= 0.6 is 22.9 Å². The molecule has 0 aliphatic carbocycles. The normalized spacial score (nSPS) is 12.5. The van der Waals surface area contributed by atoms with Gasteiger partial charge in [0.1, 0.15) is 5.76 Å². The summed E-state index contributed by atoms with van der Waals surface area (Å²) in [6, 6.07) is 13.4. The molecule has 1 aromatic carbocycles. The molecule has 0 saturated carbocycles. The molecule has 3 aromatic rings. The van der Waals surface area contributed by atoms with Gasteiger partial charge < -0.3 is 10.2 Å². The lowest BCUT2D eigenvalue weighted by molar-refractivity contribution is 0.466. The maximum absolute atomic E-state index is 6.10. The van der Waals surface area contributed by atoms with Gasteiger partial charge in [-0.2, -0.15) is 0 Å². The molecule has 0 spiro atoms. The van der Waals surface area contributed by atoms with Gasteiger partial charge in [0.2, 0.25) is 0 Å². The number of thiazole rings is 1. The number of hydrogen-bond acceptors (Lipinski definition) is 4. The van der Waals surface area contributed by atoms with Crippen LogP contribution in [0.1, 0.15) is 16.8 Å². The zero-order valence-electron chi connectivity index (χ0n) is 10.6. The number of nitrogens with zero attached hydrogens (tertiary/aromatic N) is 1.